The molecule has 0 aliphatic carbocycles. The number of morpholine rings is 1. The summed E-state index contributed by atoms with van der Waals surface area (Å²) in [7, 11) is -2.19. The largest absolute Gasteiger partial charge is 0.364 e. The molecule has 0 bridgehead atoms. The number of rotatable bonds is 5. The van der Waals surface area contributed by atoms with Gasteiger partial charge in [-0.3, -0.25) is 4.79 Å². The van der Waals surface area contributed by atoms with Gasteiger partial charge in [0.1, 0.15) is 25.3 Å². The molecule has 0 saturated carbocycles. The number of ether oxygens (including phenoxy) is 1. The predicted molar refractivity (Wildman–Crippen MR) is 91.6 cm³/mol. The fourth-order valence-corrected chi connectivity index (χ4v) is 4.04. The minimum Gasteiger partial charge on any atom is -0.364 e. The Labute approximate surface area is 143 Å². The molecule has 1 aliphatic heterocycles. The van der Waals surface area contributed by atoms with Gasteiger partial charge in [-0.15, -0.1) is 0 Å². The fourth-order valence-electron chi connectivity index (χ4n) is 3.04. The summed E-state index contributed by atoms with van der Waals surface area (Å²) in [4.78, 5) is 13.6. The van der Waals surface area contributed by atoms with Crippen molar-refractivity contribution in [3.63, 3.8) is 0 Å². The molecule has 0 radical (unpaired) electrons. The summed E-state index contributed by atoms with van der Waals surface area (Å²) in [6.45, 7) is 7.62. The summed E-state index contributed by atoms with van der Waals surface area (Å²) in [5.41, 5.74) is 1.11. The van der Waals surface area contributed by atoms with Gasteiger partial charge in [-0.2, -0.15) is 0 Å². The van der Waals surface area contributed by atoms with Crippen LogP contribution in [0.1, 0.15) is 19.4 Å². The average Bonchev–Trinajstić information content (AvgIpc) is 2.47. The third-order valence-electron chi connectivity index (χ3n) is 4.06. The number of benzene rings is 1. The minimum atomic E-state index is -3.55. The molecular formula is C16H26N3O4S+. The summed E-state index contributed by atoms with van der Waals surface area (Å²) >= 11 is 0. The maximum Gasteiger partial charge on any atom is 0.279 e. The van der Waals surface area contributed by atoms with E-state index in [4.69, 9.17) is 4.74 Å². The van der Waals surface area contributed by atoms with E-state index in [1.807, 2.05) is 13.8 Å². The number of hydrogen-bond acceptors (Lipinski definition) is 4. The second kappa shape index (κ2) is 7.60. The molecule has 24 heavy (non-hydrogen) atoms. The van der Waals surface area contributed by atoms with Gasteiger partial charge >= 0.3 is 0 Å². The molecule has 2 rings (SSSR count). The summed E-state index contributed by atoms with van der Waals surface area (Å²) < 4.78 is 32.0. The van der Waals surface area contributed by atoms with E-state index in [0.29, 0.717) is 17.8 Å². The van der Waals surface area contributed by atoms with Crippen LogP contribution in [0.4, 0.5) is 5.69 Å². The van der Waals surface area contributed by atoms with Crippen molar-refractivity contribution in [3.05, 3.63) is 23.8 Å². The molecule has 3 N–H and O–H groups in total. The predicted octanol–water partition coefficient (Wildman–Crippen LogP) is -0.466. The van der Waals surface area contributed by atoms with Crippen molar-refractivity contribution in [2.24, 2.45) is 0 Å². The molecule has 1 aromatic carbocycles. The highest BCUT2D eigenvalue weighted by Crippen LogP contribution is 2.19. The Morgan fingerprint density at radius 3 is 2.50 bits per heavy atom. The lowest BCUT2D eigenvalue weighted by Crippen LogP contribution is -3.16. The van der Waals surface area contributed by atoms with E-state index in [-0.39, 0.29) is 23.0 Å². The molecule has 0 spiro atoms. The van der Waals surface area contributed by atoms with Crippen LogP contribution in [0.3, 0.4) is 0 Å². The van der Waals surface area contributed by atoms with Gasteiger partial charge in [0.2, 0.25) is 10.0 Å². The number of carbonyl (C=O) groups is 1. The number of aryl methyl sites for hydroxylation is 1. The average molecular weight is 356 g/mol. The molecule has 1 fully saturated rings. The Morgan fingerprint density at radius 1 is 1.29 bits per heavy atom. The molecule has 7 nitrogen and oxygen atoms in total. The summed E-state index contributed by atoms with van der Waals surface area (Å²) in [5.74, 6) is -0.136. The number of carbonyl (C=O) groups excluding carboxylic acids is 1. The zero-order valence-corrected chi connectivity index (χ0v) is 15.4. The lowest BCUT2D eigenvalue weighted by molar-refractivity contribution is -0.907. The first-order chi connectivity index (χ1) is 11.2. The van der Waals surface area contributed by atoms with Crippen LogP contribution in [0, 0.1) is 6.92 Å². The Hall–Kier alpha value is -1.48. The Kier molecular flexibility index (Phi) is 5.97. The van der Waals surface area contributed by atoms with Crippen LogP contribution in [-0.4, -0.2) is 53.2 Å². The third-order valence-corrected chi connectivity index (χ3v) is 5.61. The summed E-state index contributed by atoms with van der Waals surface area (Å²) in [5, 5.41) is 2.79. The first-order valence-corrected chi connectivity index (χ1v) is 9.52. The maximum absolute atomic E-state index is 12.3. The second-order valence-corrected chi connectivity index (χ2v) is 8.18. The molecule has 2 atom stereocenters. The standard InChI is InChI=1S/C16H25N3O4S/c1-11-5-6-14(7-15(11)24(21,22)17-4)18-16(20)10-19-8-12(2)23-13(3)9-19/h5-7,12-13,17H,8-10H2,1-4H3,(H,18,20)/p+1/t12-,13-/m0/s1. The summed E-state index contributed by atoms with van der Waals surface area (Å²) in [6, 6.07) is 4.88. The van der Waals surface area contributed by atoms with Crippen LogP contribution in [0.5, 0.6) is 0 Å². The van der Waals surface area contributed by atoms with E-state index in [1.165, 1.54) is 13.1 Å². The lowest BCUT2D eigenvalue weighted by Gasteiger charge is -2.31. The first-order valence-electron chi connectivity index (χ1n) is 8.04. The number of amides is 1. The van der Waals surface area contributed by atoms with E-state index in [0.717, 1.165) is 18.0 Å². The van der Waals surface area contributed by atoms with E-state index < -0.39 is 10.0 Å². The van der Waals surface area contributed by atoms with Gasteiger partial charge in [-0.05, 0) is 45.5 Å². The van der Waals surface area contributed by atoms with Gasteiger partial charge in [-0.25, -0.2) is 13.1 Å². The highest BCUT2D eigenvalue weighted by molar-refractivity contribution is 7.89. The molecule has 1 saturated heterocycles. The second-order valence-electron chi connectivity index (χ2n) is 6.33. The number of hydrogen-bond donors (Lipinski definition) is 3. The zero-order chi connectivity index (χ0) is 17.9. The van der Waals surface area contributed by atoms with E-state index in [2.05, 4.69) is 10.0 Å². The van der Waals surface area contributed by atoms with Crippen molar-refractivity contribution in [1.29, 1.82) is 0 Å². The van der Waals surface area contributed by atoms with Crippen molar-refractivity contribution in [2.45, 2.75) is 37.9 Å². The van der Waals surface area contributed by atoms with Crippen LogP contribution in [-0.2, 0) is 19.6 Å². The van der Waals surface area contributed by atoms with E-state index in [1.54, 1.807) is 19.1 Å². The van der Waals surface area contributed by atoms with Gasteiger partial charge in [-0.1, -0.05) is 6.07 Å². The number of sulfonamides is 1. The topological polar surface area (TPSA) is 88.9 Å². The number of quaternary nitrogens is 1. The SMILES string of the molecule is CNS(=O)(=O)c1cc(NC(=O)C[NH+]2C[C@H](C)O[C@@H](C)C2)ccc1C. The number of nitrogens with one attached hydrogen (secondary N) is 3. The van der Waals surface area contributed by atoms with Crippen LogP contribution in [0.25, 0.3) is 0 Å². The Balaban J connectivity index is 2.05. The smallest absolute Gasteiger partial charge is 0.279 e. The van der Waals surface area contributed by atoms with E-state index >= 15 is 0 Å². The highest BCUT2D eigenvalue weighted by Gasteiger charge is 2.27. The molecule has 1 amide bonds. The van der Waals surface area contributed by atoms with Crippen LogP contribution < -0.4 is 14.9 Å². The van der Waals surface area contributed by atoms with Crippen molar-refractivity contribution < 1.29 is 22.8 Å². The van der Waals surface area contributed by atoms with E-state index in [9.17, 15) is 13.2 Å². The minimum absolute atomic E-state index is 0.128. The van der Waals surface area contributed by atoms with Gasteiger partial charge in [0.15, 0.2) is 6.54 Å². The van der Waals surface area contributed by atoms with Crippen molar-refractivity contribution in [3.8, 4) is 0 Å². The summed E-state index contributed by atoms with van der Waals surface area (Å²) in [6.07, 6.45) is 0.256. The third kappa shape index (κ3) is 4.76. The number of anilines is 1. The highest BCUT2D eigenvalue weighted by atomic mass is 32.2. The van der Waals surface area contributed by atoms with Crippen LogP contribution in [0.15, 0.2) is 23.1 Å². The zero-order valence-electron chi connectivity index (χ0n) is 14.5. The lowest BCUT2D eigenvalue weighted by atomic mass is 10.2. The van der Waals surface area contributed by atoms with Crippen molar-refractivity contribution in [1.82, 2.24) is 4.72 Å². The maximum atomic E-state index is 12.3. The molecule has 134 valence electrons. The molecule has 1 heterocycles. The molecule has 8 heteroatoms. The van der Waals surface area contributed by atoms with Gasteiger partial charge in [0, 0.05) is 5.69 Å². The quantitative estimate of drug-likeness (QED) is 0.666. The Bertz CT molecular complexity index is 695. The van der Waals surface area contributed by atoms with Gasteiger partial charge in [0.05, 0.1) is 4.90 Å². The van der Waals surface area contributed by atoms with Crippen molar-refractivity contribution in [2.75, 3.05) is 32.0 Å². The fraction of sp³-hybridized carbons (Fsp3) is 0.562. The Morgan fingerprint density at radius 2 is 1.92 bits per heavy atom. The monoisotopic (exact) mass is 356 g/mol. The molecular weight excluding hydrogens is 330 g/mol. The molecule has 0 aromatic heterocycles. The van der Waals surface area contributed by atoms with Crippen molar-refractivity contribution >= 4 is 21.6 Å². The molecule has 1 aliphatic rings. The van der Waals surface area contributed by atoms with Gasteiger partial charge < -0.3 is 15.0 Å². The first kappa shape index (κ1) is 18.9. The van der Waals surface area contributed by atoms with Gasteiger partial charge in [0.25, 0.3) is 5.91 Å². The molecule has 0 unspecified atom stereocenters. The molecule has 1 aromatic rings. The van der Waals surface area contributed by atoms with Crippen LogP contribution in [0.2, 0.25) is 0 Å². The van der Waals surface area contributed by atoms with Crippen LogP contribution >= 0.6 is 0 Å². The normalized spacial score (nSPS) is 24.6.